The summed E-state index contributed by atoms with van der Waals surface area (Å²) in [5.74, 6) is -0.594. The van der Waals surface area contributed by atoms with Gasteiger partial charge in [0.15, 0.2) is 5.76 Å². The van der Waals surface area contributed by atoms with Gasteiger partial charge in [-0.05, 0) is 75.4 Å². The predicted octanol–water partition coefficient (Wildman–Crippen LogP) is 5.96. The van der Waals surface area contributed by atoms with Crippen molar-refractivity contribution in [3.8, 4) is 5.75 Å². The van der Waals surface area contributed by atoms with E-state index in [2.05, 4.69) is 33.0 Å². The summed E-state index contributed by atoms with van der Waals surface area (Å²) >= 11 is 3.55. The summed E-state index contributed by atoms with van der Waals surface area (Å²) in [6, 6.07) is 19.3. The Morgan fingerprint density at radius 1 is 1.11 bits per heavy atom. The Bertz CT molecular complexity index is 1390. The monoisotopic (exact) mass is 532 g/mol. The molecule has 0 aliphatic heterocycles. The highest BCUT2D eigenvalue weighted by atomic mass is 79.9. The topological polar surface area (TPSA) is 101 Å². The average molecular weight is 533 g/mol. The van der Waals surface area contributed by atoms with E-state index in [9.17, 15) is 9.59 Å². The summed E-state index contributed by atoms with van der Waals surface area (Å²) in [7, 11) is 0. The predicted molar refractivity (Wildman–Crippen MR) is 137 cm³/mol. The SMILES string of the molecule is C=CCc1cc(/C=N/NC(=O)c2cc3ccccc3o2)cc(Br)c1OCc1ccc(C(=O)O)cc1. The first-order valence-corrected chi connectivity index (χ1v) is 11.4. The average Bonchev–Trinajstić information content (AvgIpc) is 3.28. The number of hydrogen-bond acceptors (Lipinski definition) is 5. The molecule has 8 heteroatoms. The van der Waals surface area contributed by atoms with Crippen LogP contribution in [-0.4, -0.2) is 23.2 Å². The number of allylic oxidation sites excluding steroid dienone is 1. The number of furan rings is 1. The van der Waals surface area contributed by atoms with E-state index in [1.807, 2.05) is 30.3 Å². The van der Waals surface area contributed by atoms with Crippen LogP contribution in [0.25, 0.3) is 11.0 Å². The second kappa shape index (κ2) is 10.8. The maximum Gasteiger partial charge on any atom is 0.335 e. The number of halogens is 1. The third kappa shape index (κ3) is 5.85. The van der Waals surface area contributed by atoms with Gasteiger partial charge in [0.1, 0.15) is 17.9 Å². The molecule has 0 unspecified atom stereocenters. The molecule has 3 aromatic carbocycles. The van der Waals surface area contributed by atoms with E-state index in [1.165, 1.54) is 6.21 Å². The number of amides is 1. The van der Waals surface area contributed by atoms with E-state index < -0.39 is 11.9 Å². The van der Waals surface area contributed by atoms with Gasteiger partial charge in [-0.15, -0.1) is 6.58 Å². The number of fused-ring (bicyclic) bond motifs is 1. The Morgan fingerprint density at radius 2 is 1.89 bits per heavy atom. The van der Waals surface area contributed by atoms with Crippen LogP contribution in [0, 0.1) is 0 Å². The number of carbonyl (C=O) groups is 2. The zero-order valence-corrected chi connectivity index (χ0v) is 20.1. The maximum absolute atomic E-state index is 12.4. The zero-order valence-electron chi connectivity index (χ0n) is 18.5. The molecular formula is C27H21BrN2O5. The number of rotatable bonds is 9. The summed E-state index contributed by atoms with van der Waals surface area (Å²) < 4.78 is 12.3. The third-order valence-corrected chi connectivity index (χ3v) is 5.71. The quantitative estimate of drug-likeness (QED) is 0.157. The van der Waals surface area contributed by atoms with Crippen LogP contribution in [0.4, 0.5) is 0 Å². The zero-order chi connectivity index (χ0) is 24.8. The fourth-order valence-electron chi connectivity index (χ4n) is 3.43. The first-order chi connectivity index (χ1) is 16.9. The molecule has 0 atom stereocenters. The second-order valence-electron chi connectivity index (χ2n) is 7.62. The van der Waals surface area contributed by atoms with Gasteiger partial charge in [0.25, 0.3) is 0 Å². The third-order valence-electron chi connectivity index (χ3n) is 5.12. The number of nitrogens with zero attached hydrogens (tertiary/aromatic N) is 1. The van der Waals surface area contributed by atoms with E-state index in [-0.39, 0.29) is 17.9 Å². The van der Waals surface area contributed by atoms with Crippen LogP contribution in [-0.2, 0) is 13.0 Å². The van der Waals surface area contributed by atoms with Crippen LogP contribution in [0.3, 0.4) is 0 Å². The van der Waals surface area contributed by atoms with Gasteiger partial charge in [0.2, 0.25) is 0 Å². The second-order valence-corrected chi connectivity index (χ2v) is 8.48. The number of hydrazone groups is 1. The molecular weight excluding hydrogens is 512 g/mol. The van der Waals surface area contributed by atoms with Crippen molar-refractivity contribution >= 4 is 45.0 Å². The number of aromatic carboxylic acids is 1. The molecule has 0 aliphatic rings. The number of nitrogens with one attached hydrogen (secondary N) is 1. The molecule has 4 aromatic rings. The molecule has 4 rings (SSSR count). The van der Waals surface area contributed by atoms with Gasteiger partial charge in [0.05, 0.1) is 16.3 Å². The number of carboxylic acids is 1. The summed E-state index contributed by atoms with van der Waals surface area (Å²) in [6.45, 7) is 4.08. The molecule has 0 spiro atoms. The highest BCUT2D eigenvalue weighted by molar-refractivity contribution is 9.10. The van der Waals surface area contributed by atoms with Crippen LogP contribution >= 0.6 is 15.9 Å². The Morgan fingerprint density at radius 3 is 2.60 bits per heavy atom. The molecule has 0 fully saturated rings. The van der Waals surface area contributed by atoms with E-state index in [4.69, 9.17) is 14.3 Å². The van der Waals surface area contributed by atoms with Gasteiger partial charge < -0.3 is 14.3 Å². The smallest absolute Gasteiger partial charge is 0.335 e. The van der Waals surface area contributed by atoms with Crippen molar-refractivity contribution in [3.63, 3.8) is 0 Å². The Labute approximate surface area is 209 Å². The Kier molecular flexibility index (Phi) is 7.42. The normalized spacial score (nSPS) is 11.0. The number of carboxylic acid groups (broad SMARTS) is 1. The van der Waals surface area contributed by atoms with Crippen molar-refractivity contribution in [1.82, 2.24) is 5.43 Å². The van der Waals surface area contributed by atoms with Gasteiger partial charge in [-0.25, -0.2) is 10.2 Å². The lowest BCUT2D eigenvalue weighted by atomic mass is 10.1. The lowest BCUT2D eigenvalue weighted by molar-refractivity contribution is 0.0696. The Balaban J connectivity index is 1.45. The van der Waals surface area contributed by atoms with E-state index in [0.29, 0.717) is 22.2 Å². The van der Waals surface area contributed by atoms with Crippen molar-refractivity contribution in [2.45, 2.75) is 13.0 Å². The van der Waals surface area contributed by atoms with E-state index in [0.717, 1.165) is 22.1 Å². The molecule has 0 radical (unpaired) electrons. The van der Waals surface area contributed by atoms with Crippen LogP contribution in [0.5, 0.6) is 5.75 Å². The maximum atomic E-state index is 12.4. The first-order valence-electron chi connectivity index (χ1n) is 10.6. The van der Waals surface area contributed by atoms with Crippen molar-refractivity contribution in [2.24, 2.45) is 5.10 Å². The summed E-state index contributed by atoms with van der Waals surface area (Å²) in [5.41, 5.74) is 5.80. The van der Waals surface area contributed by atoms with Crippen molar-refractivity contribution in [1.29, 1.82) is 0 Å². The van der Waals surface area contributed by atoms with E-state index in [1.54, 1.807) is 42.5 Å². The van der Waals surface area contributed by atoms with Crippen LogP contribution < -0.4 is 10.2 Å². The number of ether oxygens (including phenoxy) is 1. The molecule has 1 heterocycles. The molecule has 1 aromatic heterocycles. The van der Waals surface area contributed by atoms with Gasteiger partial charge in [-0.1, -0.05) is 36.4 Å². The van der Waals surface area contributed by atoms with Crippen molar-refractivity contribution < 1.29 is 23.8 Å². The molecule has 0 bridgehead atoms. The van der Waals surface area contributed by atoms with E-state index >= 15 is 0 Å². The molecule has 176 valence electrons. The first kappa shape index (κ1) is 24.0. The lowest BCUT2D eigenvalue weighted by Gasteiger charge is -2.14. The number of benzene rings is 3. The molecule has 0 saturated heterocycles. The highest BCUT2D eigenvalue weighted by Crippen LogP contribution is 2.32. The van der Waals surface area contributed by atoms with Crippen LogP contribution in [0.2, 0.25) is 0 Å². The fraction of sp³-hybridized carbons (Fsp3) is 0.0741. The van der Waals surface area contributed by atoms with Crippen molar-refractivity contribution in [2.75, 3.05) is 0 Å². The molecule has 0 aliphatic carbocycles. The molecule has 7 nitrogen and oxygen atoms in total. The number of hydrogen-bond donors (Lipinski definition) is 2. The van der Waals surface area contributed by atoms with Gasteiger partial charge in [-0.3, -0.25) is 4.79 Å². The minimum atomic E-state index is -0.973. The van der Waals surface area contributed by atoms with Gasteiger partial charge in [0, 0.05) is 5.39 Å². The standard InChI is InChI=1S/C27H21BrN2O5/c1-2-5-21-12-18(15-29-30-26(31)24-14-20-6-3-4-7-23(20)35-24)13-22(28)25(21)34-16-17-8-10-19(11-9-17)27(32)33/h2-4,6-15H,1,5,16H2,(H,30,31)(H,32,33)/b29-15+. The molecule has 1 amide bonds. The lowest BCUT2D eigenvalue weighted by Crippen LogP contribution is -2.16. The largest absolute Gasteiger partial charge is 0.487 e. The van der Waals surface area contributed by atoms with Crippen LogP contribution in [0.1, 0.15) is 37.6 Å². The number of carbonyl (C=O) groups excluding carboxylic acids is 1. The Hall–Kier alpha value is -4.17. The van der Waals surface area contributed by atoms with Gasteiger partial charge >= 0.3 is 11.9 Å². The van der Waals surface area contributed by atoms with Crippen LogP contribution in [0.15, 0.2) is 93.4 Å². The fourth-order valence-corrected chi connectivity index (χ4v) is 4.06. The van der Waals surface area contributed by atoms with Crippen molar-refractivity contribution in [3.05, 3.63) is 112 Å². The highest BCUT2D eigenvalue weighted by Gasteiger charge is 2.13. The van der Waals surface area contributed by atoms with Gasteiger partial charge in [-0.2, -0.15) is 5.10 Å². The minimum Gasteiger partial charge on any atom is -0.487 e. The summed E-state index contributed by atoms with van der Waals surface area (Å²) in [6.07, 6.45) is 3.85. The summed E-state index contributed by atoms with van der Waals surface area (Å²) in [5, 5.41) is 13.9. The molecule has 35 heavy (non-hydrogen) atoms. The molecule has 0 saturated carbocycles. The minimum absolute atomic E-state index is 0.178. The summed E-state index contributed by atoms with van der Waals surface area (Å²) in [4.78, 5) is 23.4. The number of para-hydroxylation sites is 1. The molecule has 2 N–H and O–H groups in total.